The molecule has 0 fully saturated rings. The van der Waals surface area contributed by atoms with Crippen molar-refractivity contribution in [2.45, 2.75) is 46.0 Å². The van der Waals surface area contributed by atoms with E-state index in [9.17, 15) is 4.79 Å². The normalized spacial score (nSPS) is 10.8. The molecule has 0 aliphatic heterocycles. The number of nitrogens with one attached hydrogen (secondary N) is 2. The van der Waals surface area contributed by atoms with Crippen LogP contribution in [0.1, 0.15) is 45.1 Å². The number of carbonyl (C=O) groups is 1. The molecule has 0 radical (unpaired) electrons. The van der Waals surface area contributed by atoms with Gasteiger partial charge in [0, 0.05) is 17.7 Å². The van der Waals surface area contributed by atoms with Crippen LogP contribution in [0.2, 0.25) is 0 Å². The third-order valence-electron chi connectivity index (χ3n) is 4.51. The standard InChI is InChI=1S/C22H25N3O2S/c1-3-5-6-7-20(26)25-22(28)23-17-11-9-16(10-12-17)21-24-18-14-15(4-2)8-13-19(18)27-21/h8-14H,3-7H2,1-2H3,(H2,23,25,26,28). The highest BCUT2D eigenvalue weighted by molar-refractivity contribution is 7.80. The first kappa shape index (κ1) is 20.0. The van der Waals surface area contributed by atoms with E-state index in [4.69, 9.17) is 16.6 Å². The quantitative estimate of drug-likeness (QED) is 0.411. The topological polar surface area (TPSA) is 67.2 Å². The van der Waals surface area contributed by atoms with Gasteiger partial charge in [0.1, 0.15) is 5.52 Å². The van der Waals surface area contributed by atoms with Gasteiger partial charge in [0.15, 0.2) is 10.7 Å². The molecule has 0 saturated carbocycles. The van der Waals surface area contributed by atoms with Gasteiger partial charge >= 0.3 is 0 Å². The summed E-state index contributed by atoms with van der Waals surface area (Å²) in [6, 6.07) is 13.7. The van der Waals surface area contributed by atoms with Crippen molar-refractivity contribution in [1.82, 2.24) is 10.3 Å². The molecule has 0 aliphatic carbocycles. The van der Waals surface area contributed by atoms with Crippen LogP contribution in [0.25, 0.3) is 22.6 Å². The fourth-order valence-corrected chi connectivity index (χ4v) is 3.13. The van der Waals surface area contributed by atoms with Gasteiger partial charge in [0.25, 0.3) is 0 Å². The van der Waals surface area contributed by atoms with Crippen LogP contribution in [-0.2, 0) is 11.2 Å². The lowest BCUT2D eigenvalue weighted by molar-refractivity contribution is -0.119. The number of unbranched alkanes of at least 4 members (excludes halogenated alkanes) is 2. The smallest absolute Gasteiger partial charge is 0.227 e. The van der Waals surface area contributed by atoms with Crippen molar-refractivity contribution in [1.29, 1.82) is 0 Å². The van der Waals surface area contributed by atoms with Gasteiger partial charge in [-0.15, -0.1) is 0 Å². The van der Waals surface area contributed by atoms with E-state index >= 15 is 0 Å². The summed E-state index contributed by atoms with van der Waals surface area (Å²) in [4.78, 5) is 16.4. The fraction of sp³-hybridized carbons (Fsp3) is 0.318. The number of oxazole rings is 1. The number of rotatable bonds is 7. The van der Waals surface area contributed by atoms with Crippen LogP contribution in [0, 0.1) is 0 Å². The summed E-state index contributed by atoms with van der Waals surface area (Å²) < 4.78 is 5.86. The van der Waals surface area contributed by atoms with Crippen molar-refractivity contribution in [2.24, 2.45) is 0 Å². The lowest BCUT2D eigenvalue weighted by atomic mass is 10.1. The van der Waals surface area contributed by atoms with Crippen molar-refractivity contribution < 1.29 is 9.21 Å². The monoisotopic (exact) mass is 395 g/mol. The van der Waals surface area contributed by atoms with Crippen LogP contribution in [0.3, 0.4) is 0 Å². The molecule has 1 aromatic heterocycles. The summed E-state index contributed by atoms with van der Waals surface area (Å²) in [6.45, 7) is 4.23. The molecule has 0 aliphatic rings. The van der Waals surface area contributed by atoms with E-state index in [-0.39, 0.29) is 5.91 Å². The maximum atomic E-state index is 11.8. The molecule has 0 atom stereocenters. The minimum absolute atomic E-state index is 0.0551. The van der Waals surface area contributed by atoms with Crippen LogP contribution in [0.15, 0.2) is 46.9 Å². The number of hydrogen-bond acceptors (Lipinski definition) is 4. The van der Waals surface area contributed by atoms with Gasteiger partial charge < -0.3 is 15.1 Å². The Hall–Kier alpha value is -2.73. The van der Waals surface area contributed by atoms with Crippen LogP contribution in [-0.4, -0.2) is 16.0 Å². The van der Waals surface area contributed by atoms with Crippen LogP contribution in [0.4, 0.5) is 5.69 Å². The molecule has 2 aromatic carbocycles. The lowest BCUT2D eigenvalue weighted by Gasteiger charge is -2.09. The lowest BCUT2D eigenvalue weighted by Crippen LogP contribution is -2.33. The van der Waals surface area contributed by atoms with Crippen molar-refractivity contribution in [2.75, 3.05) is 5.32 Å². The Balaban J connectivity index is 1.62. The van der Waals surface area contributed by atoms with Gasteiger partial charge in [-0.1, -0.05) is 32.8 Å². The highest BCUT2D eigenvalue weighted by atomic mass is 32.1. The molecule has 2 N–H and O–H groups in total. The Bertz CT molecular complexity index is 964. The summed E-state index contributed by atoms with van der Waals surface area (Å²) >= 11 is 5.21. The predicted molar refractivity (Wildman–Crippen MR) is 117 cm³/mol. The van der Waals surface area contributed by atoms with Crippen molar-refractivity contribution in [3.05, 3.63) is 48.0 Å². The van der Waals surface area contributed by atoms with Crippen molar-refractivity contribution >= 4 is 40.0 Å². The Morgan fingerprint density at radius 3 is 2.61 bits per heavy atom. The van der Waals surface area contributed by atoms with Crippen LogP contribution >= 0.6 is 12.2 Å². The number of aromatic nitrogens is 1. The first-order valence-electron chi connectivity index (χ1n) is 9.69. The highest BCUT2D eigenvalue weighted by Gasteiger charge is 2.09. The molecule has 28 heavy (non-hydrogen) atoms. The number of benzene rings is 2. The number of carbonyl (C=O) groups excluding carboxylic acids is 1. The first-order valence-corrected chi connectivity index (χ1v) is 10.1. The number of nitrogens with zero attached hydrogens (tertiary/aromatic N) is 1. The van der Waals surface area contributed by atoms with Gasteiger partial charge in [0.05, 0.1) is 0 Å². The number of anilines is 1. The van der Waals surface area contributed by atoms with E-state index < -0.39 is 0 Å². The Morgan fingerprint density at radius 2 is 1.89 bits per heavy atom. The van der Waals surface area contributed by atoms with E-state index in [2.05, 4.69) is 41.6 Å². The van der Waals surface area contributed by atoms with Gasteiger partial charge in [-0.25, -0.2) is 4.98 Å². The molecule has 0 unspecified atom stereocenters. The van der Waals surface area contributed by atoms with E-state index in [0.717, 1.165) is 48.0 Å². The summed E-state index contributed by atoms with van der Waals surface area (Å²) in [7, 11) is 0. The Morgan fingerprint density at radius 1 is 1.11 bits per heavy atom. The van der Waals surface area contributed by atoms with E-state index in [1.54, 1.807) is 0 Å². The average Bonchev–Trinajstić information content (AvgIpc) is 3.11. The molecule has 3 aromatic rings. The maximum absolute atomic E-state index is 11.8. The average molecular weight is 396 g/mol. The van der Waals surface area contributed by atoms with Gasteiger partial charge in [-0.2, -0.15) is 0 Å². The second-order valence-electron chi connectivity index (χ2n) is 6.71. The second kappa shape index (κ2) is 9.46. The molecule has 0 spiro atoms. The molecule has 0 bridgehead atoms. The largest absolute Gasteiger partial charge is 0.436 e. The molecular weight excluding hydrogens is 370 g/mol. The second-order valence-corrected chi connectivity index (χ2v) is 7.12. The molecule has 6 heteroatoms. The number of amides is 1. The molecule has 1 heterocycles. The minimum Gasteiger partial charge on any atom is -0.436 e. The predicted octanol–water partition coefficient (Wildman–Crippen LogP) is 5.45. The molecule has 3 rings (SSSR count). The number of thiocarbonyl (C=S) groups is 1. The van der Waals surface area contributed by atoms with Crippen LogP contribution in [0.5, 0.6) is 0 Å². The van der Waals surface area contributed by atoms with E-state index in [0.29, 0.717) is 17.4 Å². The zero-order valence-electron chi connectivity index (χ0n) is 16.2. The van der Waals surface area contributed by atoms with Gasteiger partial charge in [-0.3, -0.25) is 4.79 Å². The van der Waals surface area contributed by atoms with Crippen molar-refractivity contribution in [3.63, 3.8) is 0 Å². The zero-order valence-corrected chi connectivity index (χ0v) is 17.1. The number of hydrogen-bond donors (Lipinski definition) is 2. The number of aryl methyl sites for hydroxylation is 1. The van der Waals surface area contributed by atoms with E-state index in [1.165, 1.54) is 5.56 Å². The summed E-state index contributed by atoms with van der Waals surface area (Å²) in [5.41, 5.74) is 4.56. The summed E-state index contributed by atoms with van der Waals surface area (Å²) in [6.07, 6.45) is 4.47. The third-order valence-corrected chi connectivity index (χ3v) is 4.71. The Kier molecular flexibility index (Phi) is 6.76. The summed E-state index contributed by atoms with van der Waals surface area (Å²) in [5, 5.41) is 6.05. The van der Waals surface area contributed by atoms with Gasteiger partial charge in [0.2, 0.25) is 11.8 Å². The molecular formula is C22H25N3O2S. The summed E-state index contributed by atoms with van der Waals surface area (Å²) in [5.74, 6) is 0.530. The molecule has 1 amide bonds. The number of fused-ring (bicyclic) bond motifs is 1. The van der Waals surface area contributed by atoms with E-state index in [1.807, 2.05) is 30.3 Å². The Labute approximate surface area is 170 Å². The SMILES string of the molecule is CCCCCC(=O)NC(=S)Nc1ccc(-c2nc3cc(CC)ccc3o2)cc1. The van der Waals surface area contributed by atoms with Crippen molar-refractivity contribution in [3.8, 4) is 11.5 Å². The first-order chi connectivity index (χ1) is 13.6. The molecule has 5 nitrogen and oxygen atoms in total. The van der Waals surface area contributed by atoms with Gasteiger partial charge in [-0.05, 0) is 67.0 Å². The molecule has 146 valence electrons. The minimum atomic E-state index is -0.0551. The zero-order chi connectivity index (χ0) is 19.9. The fourth-order valence-electron chi connectivity index (χ4n) is 2.90. The van der Waals surface area contributed by atoms with Crippen LogP contribution < -0.4 is 10.6 Å². The highest BCUT2D eigenvalue weighted by Crippen LogP contribution is 2.26. The molecule has 0 saturated heterocycles. The third kappa shape index (κ3) is 5.16. The maximum Gasteiger partial charge on any atom is 0.227 e.